The molecule has 0 aromatic rings. The van der Waals surface area contributed by atoms with Crippen molar-refractivity contribution in [1.29, 1.82) is 0 Å². The van der Waals surface area contributed by atoms with Gasteiger partial charge in [0.15, 0.2) is 0 Å². The summed E-state index contributed by atoms with van der Waals surface area (Å²) in [7, 11) is 0. The molecule has 3 nitrogen and oxygen atoms in total. The van der Waals surface area contributed by atoms with Crippen LogP contribution in [0.25, 0.3) is 0 Å². The molecule has 0 radical (unpaired) electrons. The van der Waals surface area contributed by atoms with Crippen molar-refractivity contribution >= 4 is 5.97 Å². The molecule has 0 aromatic heterocycles. The molecule has 1 aliphatic heterocycles. The van der Waals surface area contributed by atoms with E-state index in [-0.39, 0.29) is 17.5 Å². The third kappa shape index (κ3) is 3.66. The Morgan fingerprint density at radius 1 is 1.36 bits per heavy atom. The van der Waals surface area contributed by atoms with E-state index in [0.29, 0.717) is 13.2 Å². The molecule has 0 aliphatic carbocycles. The second kappa shape index (κ2) is 4.78. The molecule has 1 unspecified atom stereocenters. The predicted molar refractivity (Wildman–Crippen MR) is 54.0 cm³/mol. The van der Waals surface area contributed by atoms with Gasteiger partial charge in [0.1, 0.15) is 6.61 Å². The number of carbonyl (C=O) groups is 1. The fraction of sp³-hybridized carbons (Fsp3) is 0.909. The number of ether oxygens (including phenoxy) is 2. The highest BCUT2D eigenvalue weighted by Crippen LogP contribution is 2.21. The monoisotopic (exact) mass is 200 g/mol. The van der Waals surface area contributed by atoms with Crippen molar-refractivity contribution in [2.75, 3.05) is 13.2 Å². The molecule has 1 fully saturated rings. The molecule has 1 saturated heterocycles. The van der Waals surface area contributed by atoms with Gasteiger partial charge in [-0.25, -0.2) is 0 Å². The van der Waals surface area contributed by atoms with Gasteiger partial charge < -0.3 is 9.47 Å². The lowest BCUT2D eigenvalue weighted by Crippen LogP contribution is -2.29. The van der Waals surface area contributed by atoms with Gasteiger partial charge in [0.2, 0.25) is 0 Å². The number of rotatable bonds is 0. The van der Waals surface area contributed by atoms with E-state index in [2.05, 4.69) is 13.8 Å². The van der Waals surface area contributed by atoms with Crippen LogP contribution in [0.5, 0.6) is 0 Å². The highest BCUT2D eigenvalue weighted by atomic mass is 16.6. The lowest BCUT2D eigenvalue weighted by molar-refractivity contribution is -0.153. The van der Waals surface area contributed by atoms with E-state index in [1.54, 1.807) is 0 Å². The van der Waals surface area contributed by atoms with Crippen molar-refractivity contribution in [3.8, 4) is 0 Å². The van der Waals surface area contributed by atoms with Crippen molar-refractivity contribution < 1.29 is 14.3 Å². The molecule has 0 N–H and O–H groups in total. The first-order valence-electron chi connectivity index (χ1n) is 5.32. The summed E-state index contributed by atoms with van der Waals surface area (Å²) in [6.45, 7) is 6.98. The van der Waals surface area contributed by atoms with Crippen LogP contribution in [-0.2, 0) is 14.3 Å². The van der Waals surface area contributed by atoms with Gasteiger partial charge in [0.05, 0.1) is 18.1 Å². The first-order chi connectivity index (χ1) is 6.51. The highest BCUT2D eigenvalue weighted by Gasteiger charge is 2.22. The molecule has 0 amide bonds. The van der Waals surface area contributed by atoms with Crippen LogP contribution in [0, 0.1) is 5.92 Å². The van der Waals surface area contributed by atoms with Crippen LogP contribution >= 0.6 is 0 Å². The number of cyclic esters (lactones) is 1. The first kappa shape index (κ1) is 11.5. The third-order valence-corrected chi connectivity index (χ3v) is 2.64. The zero-order valence-electron chi connectivity index (χ0n) is 9.34. The number of hydrogen-bond donors (Lipinski definition) is 0. The van der Waals surface area contributed by atoms with E-state index in [0.717, 1.165) is 19.3 Å². The summed E-state index contributed by atoms with van der Waals surface area (Å²) in [5, 5.41) is 0. The Balaban J connectivity index is 2.47. The highest BCUT2D eigenvalue weighted by molar-refractivity contribution is 5.71. The van der Waals surface area contributed by atoms with E-state index in [4.69, 9.17) is 9.47 Å². The smallest absolute Gasteiger partial charge is 0.308 e. The topological polar surface area (TPSA) is 35.5 Å². The van der Waals surface area contributed by atoms with Crippen molar-refractivity contribution in [3.63, 3.8) is 0 Å². The SMILES string of the molecule is CC1CCCC(C)(C)OCCOC1=O. The quantitative estimate of drug-likeness (QED) is 0.562. The summed E-state index contributed by atoms with van der Waals surface area (Å²) in [6.07, 6.45) is 2.92. The van der Waals surface area contributed by atoms with Gasteiger partial charge in [-0.05, 0) is 33.1 Å². The van der Waals surface area contributed by atoms with Crippen LogP contribution in [0.2, 0.25) is 0 Å². The van der Waals surface area contributed by atoms with Gasteiger partial charge in [-0.1, -0.05) is 6.92 Å². The second-order valence-corrected chi connectivity index (χ2v) is 4.57. The van der Waals surface area contributed by atoms with E-state index in [9.17, 15) is 4.79 Å². The standard InChI is InChI=1S/C11H20O3/c1-9-5-4-6-11(2,3)14-8-7-13-10(9)12/h9H,4-8H2,1-3H3. The molecule has 14 heavy (non-hydrogen) atoms. The number of carbonyl (C=O) groups excluding carboxylic acids is 1. The van der Waals surface area contributed by atoms with Crippen molar-refractivity contribution in [1.82, 2.24) is 0 Å². The molecule has 0 saturated carbocycles. The Morgan fingerprint density at radius 3 is 2.79 bits per heavy atom. The second-order valence-electron chi connectivity index (χ2n) is 4.57. The number of esters is 1. The molecule has 0 spiro atoms. The summed E-state index contributed by atoms with van der Waals surface area (Å²) >= 11 is 0. The van der Waals surface area contributed by atoms with Crippen LogP contribution in [0.15, 0.2) is 0 Å². The van der Waals surface area contributed by atoms with Crippen molar-refractivity contribution in [2.45, 2.75) is 45.6 Å². The molecule has 1 atom stereocenters. The molecule has 3 heteroatoms. The maximum Gasteiger partial charge on any atom is 0.308 e. The summed E-state index contributed by atoms with van der Waals surface area (Å²) in [5.74, 6) is -0.0581. The largest absolute Gasteiger partial charge is 0.463 e. The normalized spacial score (nSPS) is 29.4. The fourth-order valence-corrected chi connectivity index (χ4v) is 1.63. The zero-order valence-corrected chi connectivity index (χ0v) is 9.34. The van der Waals surface area contributed by atoms with E-state index in [1.165, 1.54) is 0 Å². The van der Waals surface area contributed by atoms with Gasteiger partial charge in [-0.2, -0.15) is 0 Å². The number of hydrogen-bond acceptors (Lipinski definition) is 3. The Morgan fingerprint density at radius 2 is 2.07 bits per heavy atom. The molecule has 0 aromatic carbocycles. The summed E-state index contributed by atoms with van der Waals surface area (Å²) in [4.78, 5) is 11.3. The average molecular weight is 200 g/mol. The first-order valence-corrected chi connectivity index (χ1v) is 5.32. The molecule has 0 bridgehead atoms. The maximum absolute atomic E-state index is 11.3. The fourth-order valence-electron chi connectivity index (χ4n) is 1.63. The maximum atomic E-state index is 11.3. The van der Waals surface area contributed by atoms with Gasteiger partial charge >= 0.3 is 5.97 Å². The zero-order chi connectivity index (χ0) is 10.6. The molecule has 1 aliphatic rings. The van der Waals surface area contributed by atoms with E-state index < -0.39 is 0 Å². The minimum absolute atomic E-state index is 0.0314. The van der Waals surface area contributed by atoms with Gasteiger partial charge in [0, 0.05) is 0 Å². The Bertz CT molecular complexity index is 199. The Labute approximate surface area is 85.8 Å². The average Bonchev–Trinajstić information content (AvgIpc) is 2.10. The van der Waals surface area contributed by atoms with E-state index in [1.807, 2.05) is 6.92 Å². The molecule has 82 valence electrons. The molecular formula is C11H20O3. The Kier molecular flexibility index (Phi) is 3.93. The summed E-state index contributed by atoms with van der Waals surface area (Å²) in [6, 6.07) is 0. The van der Waals surface area contributed by atoms with Crippen molar-refractivity contribution in [3.05, 3.63) is 0 Å². The summed E-state index contributed by atoms with van der Waals surface area (Å²) < 4.78 is 10.7. The Hall–Kier alpha value is -0.570. The van der Waals surface area contributed by atoms with E-state index >= 15 is 0 Å². The minimum atomic E-state index is -0.0895. The van der Waals surface area contributed by atoms with Crippen LogP contribution in [0.3, 0.4) is 0 Å². The molecule has 1 rings (SSSR count). The lowest BCUT2D eigenvalue weighted by atomic mass is 9.96. The van der Waals surface area contributed by atoms with Gasteiger partial charge in [-0.15, -0.1) is 0 Å². The predicted octanol–water partition coefficient (Wildman–Crippen LogP) is 2.14. The van der Waals surface area contributed by atoms with Crippen molar-refractivity contribution in [2.24, 2.45) is 5.92 Å². The lowest BCUT2D eigenvalue weighted by Gasteiger charge is -2.27. The summed E-state index contributed by atoms with van der Waals surface area (Å²) in [5.41, 5.74) is -0.0799. The van der Waals surface area contributed by atoms with Crippen LogP contribution in [-0.4, -0.2) is 24.8 Å². The third-order valence-electron chi connectivity index (χ3n) is 2.64. The van der Waals surface area contributed by atoms with Gasteiger partial charge in [0.25, 0.3) is 0 Å². The van der Waals surface area contributed by atoms with Gasteiger partial charge in [-0.3, -0.25) is 4.79 Å². The molecular weight excluding hydrogens is 180 g/mol. The van der Waals surface area contributed by atoms with Crippen LogP contribution in [0.1, 0.15) is 40.0 Å². The van der Waals surface area contributed by atoms with Crippen LogP contribution < -0.4 is 0 Å². The molecule has 1 heterocycles. The minimum Gasteiger partial charge on any atom is -0.463 e. The van der Waals surface area contributed by atoms with Crippen LogP contribution in [0.4, 0.5) is 0 Å².